The van der Waals surface area contributed by atoms with E-state index in [1.807, 2.05) is 13.0 Å². The monoisotopic (exact) mass is 200 g/mol. The van der Waals surface area contributed by atoms with E-state index >= 15 is 0 Å². The molecule has 0 heterocycles. The van der Waals surface area contributed by atoms with Gasteiger partial charge >= 0.3 is 5.97 Å². The molecule has 2 nitrogen and oxygen atoms in total. The Labute approximate surface area is 84.1 Å². The minimum absolute atomic E-state index is 0.165. The van der Waals surface area contributed by atoms with Crippen LogP contribution < -0.4 is 0 Å². The van der Waals surface area contributed by atoms with Crippen LogP contribution in [-0.4, -0.2) is 18.2 Å². The number of carbonyl (C=O) groups is 1. The highest BCUT2D eigenvalue weighted by Crippen LogP contribution is 2.29. The Bertz CT molecular complexity index is 225. The molecule has 0 aromatic heterocycles. The van der Waals surface area contributed by atoms with Crippen molar-refractivity contribution in [3.8, 4) is 0 Å². The molecule has 1 rings (SSSR count). The van der Waals surface area contributed by atoms with Crippen molar-refractivity contribution in [1.82, 2.24) is 0 Å². The third-order valence-electron chi connectivity index (χ3n) is 2.41. The van der Waals surface area contributed by atoms with Crippen LogP contribution in [-0.2, 0) is 9.53 Å². The summed E-state index contributed by atoms with van der Waals surface area (Å²) in [5, 5.41) is 0. The van der Waals surface area contributed by atoms with E-state index in [4.69, 9.17) is 4.74 Å². The van der Waals surface area contributed by atoms with E-state index in [9.17, 15) is 9.18 Å². The maximum atomic E-state index is 13.9. The Morgan fingerprint density at radius 2 is 2.36 bits per heavy atom. The van der Waals surface area contributed by atoms with E-state index in [1.54, 1.807) is 6.08 Å². The summed E-state index contributed by atoms with van der Waals surface area (Å²) in [4.78, 5) is 11.4. The number of esters is 1. The molecule has 1 aliphatic carbocycles. The number of carbonyl (C=O) groups excluding carboxylic acids is 1. The van der Waals surface area contributed by atoms with Gasteiger partial charge in [-0.3, -0.25) is 0 Å². The van der Waals surface area contributed by atoms with Crippen LogP contribution in [0, 0.1) is 0 Å². The summed E-state index contributed by atoms with van der Waals surface area (Å²) < 4.78 is 18.7. The van der Waals surface area contributed by atoms with Crippen LogP contribution in [0.5, 0.6) is 0 Å². The van der Waals surface area contributed by atoms with E-state index in [0.29, 0.717) is 13.0 Å². The predicted octanol–water partition coefficient (Wildman–Crippen LogP) is 2.78. The Morgan fingerprint density at radius 1 is 1.57 bits per heavy atom. The molecule has 0 aromatic rings. The Hall–Kier alpha value is -0.860. The van der Waals surface area contributed by atoms with Gasteiger partial charge in [-0.05, 0) is 19.3 Å². The molecule has 1 atom stereocenters. The van der Waals surface area contributed by atoms with Crippen molar-refractivity contribution in [2.75, 3.05) is 6.61 Å². The molecule has 0 aromatic carbocycles. The quantitative estimate of drug-likeness (QED) is 0.396. The zero-order chi connectivity index (χ0) is 10.4. The molecule has 0 saturated heterocycles. The van der Waals surface area contributed by atoms with E-state index in [-0.39, 0.29) is 12.8 Å². The normalized spacial score (nSPS) is 26.1. The Kier molecular flexibility index (Phi) is 4.11. The number of unbranched alkanes of at least 4 members (excludes halogenated alkanes) is 1. The van der Waals surface area contributed by atoms with Crippen LogP contribution in [0.15, 0.2) is 12.2 Å². The first-order valence-corrected chi connectivity index (χ1v) is 5.20. The lowest BCUT2D eigenvalue weighted by Gasteiger charge is -2.23. The van der Waals surface area contributed by atoms with Crippen molar-refractivity contribution in [2.24, 2.45) is 0 Å². The topological polar surface area (TPSA) is 26.3 Å². The van der Waals surface area contributed by atoms with Crippen molar-refractivity contribution < 1.29 is 13.9 Å². The van der Waals surface area contributed by atoms with Crippen molar-refractivity contribution in [3.63, 3.8) is 0 Å². The summed E-state index contributed by atoms with van der Waals surface area (Å²) >= 11 is 0. The van der Waals surface area contributed by atoms with Crippen LogP contribution >= 0.6 is 0 Å². The van der Waals surface area contributed by atoms with Crippen LogP contribution in [0.4, 0.5) is 4.39 Å². The summed E-state index contributed by atoms with van der Waals surface area (Å²) in [6, 6.07) is 0. The SMILES string of the molecule is CCCCOC(=O)C1(F)CC=CCC1. The average Bonchev–Trinajstić information content (AvgIpc) is 2.19. The lowest BCUT2D eigenvalue weighted by molar-refractivity contribution is -0.158. The van der Waals surface area contributed by atoms with Crippen LogP contribution in [0.3, 0.4) is 0 Å². The molecule has 0 bridgehead atoms. The summed E-state index contributed by atoms with van der Waals surface area (Å²) in [6.45, 7) is 2.34. The highest BCUT2D eigenvalue weighted by atomic mass is 19.1. The summed E-state index contributed by atoms with van der Waals surface area (Å²) in [6.07, 6.45) is 6.41. The van der Waals surface area contributed by atoms with Crippen molar-refractivity contribution in [1.29, 1.82) is 0 Å². The highest BCUT2D eigenvalue weighted by Gasteiger charge is 2.39. The van der Waals surface area contributed by atoms with Crippen molar-refractivity contribution >= 4 is 5.97 Å². The first-order chi connectivity index (χ1) is 6.69. The third kappa shape index (κ3) is 2.82. The lowest BCUT2D eigenvalue weighted by atomic mass is 9.91. The molecule has 0 spiro atoms. The van der Waals surface area contributed by atoms with Crippen LogP contribution in [0.1, 0.15) is 39.0 Å². The second-order valence-electron chi connectivity index (χ2n) is 3.67. The molecule has 0 aliphatic heterocycles. The standard InChI is InChI=1S/C11H17FO2/c1-2-3-9-14-10(13)11(12)7-5-4-6-8-11/h4-5H,2-3,6-9H2,1H3. The Morgan fingerprint density at radius 3 is 2.93 bits per heavy atom. The van der Waals surface area contributed by atoms with E-state index in [0.717, 1.165) is 12.8 Å². The number of allylic oxidation sites excluding steroid dienone is 2. The van der Waals surface area contributed by atoms with E-state index < -0.39 is 11.6 Å². The number of alkyl halides is 1. The average molecular weight is 200 g/mol. The van der Waals surface area contributed by atoms with Gasteiger partial charge in [-0.2, -0.15) is 0 Å². The summed E-state index contributed by atoms with van der Waals surface area (Å²) in [7, 11) is 0. The smallest absolute Gasteiger partial charge is 0.344 e. The zero-order valence-corrected chi connectivity index (χ0v) is 8.59. The first kappa shape index (κ1) is 11.2. The van der Waals surface area contributed by atoms with Gasteiger partial charge in [0.05, 0.1) is 6.61 Å². The van der Waals surface area contributed by atoms with Gasteiger partial charge in [0.15, 0.2) is 0 Å². The fourth-order valence-corrected chi connectivity index (χ4v) is 1.43. The first-order valence-electron chi connectivity index (χ1n) is 5.20. The molecular formula is C11H17FO2. The maximum absolute atomic E-state index is 13.9. The van der Waals surface area contributed by atoms with Gasteiger partial charge in [-0.25, -0.2) is 9.18 Å². The van der Waals surface area contributed by atoms with Crippen molar-refractivity contribution in [3.05, 3.63) is 12.2 Å². The number of ether oxygens (including phenoxy) is 1. The van der Waals surface area contributed by atoms with E-state index in [2.05, 4.69) is 0 Å². The van der Waals surface area contributed by atoms with Gasteiger partial charge in [-0.1, -0.05) is 25.5 Å². The minimum atomic E-state index is -1.76. The number of hydrogen-bond donors (Lipinski definition) is 0. The molecule has 0 N–H and O–H groups in total. The second kappa shape index (κ2) is 5.13. The predicted molar refractivity (Wildman–Crippen MR) is 52.7 cm³/mol. The maximum Gasteiger partial charge on any atom is 0.344 e. The number of rotatable bonds is 4. The number of halogens is 1. The second-order valence-corrected chi connectivity index (χ2v) is 3.67. The van der Waals surface area contributed by atoms with Gasteiger partial charge in [0.1, 0.15) is 0 Å². The van der Waals surface area contributed by atoms with Crippen LogP contribution in [0.25, 0.3) is 0 Å². The van der Waals surface area contributed by atoms with Gasteiger partial charge in [0.2, 0.25) is 5.67 Å². The number of hydrogen-bond acceptors (Lipinski definition) is 2. The summed E-state index contributed by atoms with van der Waals surface area (Å²) in [5.74, 6) is -0.685. The van der Waals surface area contributed by atoms with E-state index in [1.165, 1.54) is 0 Å². The van der Waals surface area contributed by atoms with Gasteiger partial charge in [0.25, 0.3) is 0 Å². The highest BCUT2D eigenvalue weighted by molar-refractivity contribution is 5.79. The lowest BCUT2D eigenvalue weighted by Crippen LogP contribution is -2.36. The summed E-state index contributed by atoms with van der Waals surface area (Å²) in [5.41, 5.74) is -1.76. The molecule has 0 radical (unpaired) electrons. The molecule has 0 saturated carbocycles. The molecule has 14 heavy (non-hydrogen) atoms. The fraction of sp³-hybridized carbons (Fsp3) is 0.727. The van der Waals surface area contributed by atoms with Gasteiger partial charge in [-0.15, -0.1) is 0 Å². The largest absolute Gasteiger partial charge is 0.463 e. The van der Waals surface area contributed by atoms with Crippen LogP contribution in [0.2, 0.25) is 0 Å². The zero-order valence-electron chi connectivity index (χ0n) is 8.59. The molecule has 0 fully saturated rings. The molecular weight excluding hydrogens is 183 g/mol. The molecule has 1 unspecified atom stereocenters. The molecule has 1 aliphatic rings. The molecule has 3 heteroatoms. The molecule has 0 amide bonds. The third-order valence-corrected chi connectivity index (χ3v) is 2.41. The van der Waals surface area contributed by atoms with Gasteiger partial charge in [0, 0.05) is 6.42 Å². The fourth-order valence-electron chi connectivity index (χ4n) is 1.43. The Balaban J connectivity index is 2.38. The van der Waals surface area contributed by atoms with Gasteiger partial charge < -0.3 is 4.74 Å². The molecule has 80 valence electrons. The minimum Gasteiger partial charge on any atom is -0.463 e. The van der Waals surface area contributed by atoms with Crippen molar-refractivity contribution in [2.45, 2.75) is 44.7 Å².